The number of nitriles is 1. The number of hydrogen-bond acceptors (Lipinski definition) is 3. The van der Waals surface area contributed by atoms with Crippen molar-refractivity contribution in [2.24, 2.45) is 0 Å². The van der Waals surface area contributed by atoms with E-state index in [-0.39, 0.29) is 13.0 Å². The van der Waals surface area contributed by atoms with Crippen LogP contribution in [0.15, 0.2) is 18.2 Å². The van der Waals surface area contributed by atoms with Crippen molar-refractivity contribution >= 4 is 23.2 Å². The van der Waals surface area contributed by atoms with Gasteiger partial charge in [-0.1, -0.05) is 29.3 Å². The summed E-state index contributed by atoms with van der Waals surface area (Å²) >= 11 is 11.7. The fourth-order valence-electron chi connectivity index (χ4n) is 1.11. The number of ether oxygens (including phenoxy) is 1. The Balaban J connectivity index is 2.41. The van der Waals surface area contributed by atoms with Gasteiger partial charge in [-0.05, 0) is 17.7 Å². The first-order chi connectivity index (χ1) is 7.63. The minimum Gasteiger partial charge on any atom is -0.390 e. The van der Waals surface area contributed by atoms with Crippen LogP contribution in [0.2, 0.25) is 10.0 Å². The Bertz CT molecular complexity index is 390. The molecule has 0 bridgehead atoms. The third-order valence-corrected chi connectivity index (χ3v) is 2.50. The van der Waals surface area contributed by atoms with Crippen LogP contribution < -0.4 is 0 Å². The molecule has 0 spiro atoms. The Labute approximate surface area is 104 Å². The molecule has 5 heteroatoms. The van der Waals surface area contributed by atoms with E-state index in [0.29, 0.717) is 16.7 Å². The third kappa shape index (κ3) is 4.38. The van der Waals surface area contributed by atoms with Crippen molar-refractivity contribution in [2.75, 3.05) is 6.61 Å². The Morgan fingerprint density at radius 3 is 2.81 bits per heavy atom. The zero-order valence-electron chi connectivity index (χ0n) is 8.49. The maximum atomic E-state index is 9.24. The van der Waals surface area contributed by atoms with Gasteiger partial charge >= 0.3 is 0 Å². The van der Waals surface area contributed by atoms with Gasteiger partial charge in [-0.25, -0.2) is 0 Å². The lowest BCUT2D eigenvalue weighted by Crippen LogP contribution is -2.14. The summed E-state index contributed by atoms with van der Waals surface area (Å²) in [4.78, 5) is 0. The van der Waals surface area contributed by atoms with Gasteiger partial charge in [0.1, 0.15) is 0 Å². The zero-order chi connectivity index (χ0) is 12.0. The molecule has 0 heterocycles. The molecule has 0 aliphatic rings. The lowest BCUT2D eigenvalue weighted by atomic mass is 10.2. The lowest BCUT2D eigenvalue weighted by molar-refractivity contribution is 0.0309. The van der Waals surface area contributed by atoms with Gasteiger partial charge < -0.3 is 9.84 Å². The third-order valence-electron chi connectivity index (χ3n) is 1.91. The molecular weight excluding hydrogens is 249 g/mol. The minimum atomic E-state index is -0.754. The van der Waals surface area contributed by atoms with Crippen molar-refractivity contribution in [1.29, 1.82) is 5.26 Å². The van der Waals surface area contributed by atoms with Gasteiger partial charge in [0.25, 0.3) is 0 Å². The van der Waals surface area contributed by atoms with Crippen molar-refractivity contribution in [3.63, 3.8) is 0 Å². The summed E-state index contributed by atoms with van der Waals surface area (Å²) < 4.78 is 5.23. The summed E-state index contributed by atoms with van der Waals surface area (Å²) in [6.07, 6.45) is -0.690. The molecule has 16 heavy (non-hydrogen) atoms. The van der Waals surface area contributed by atoms with E-state index in [9.17, 15) is 5.11 Å². The Morgan fingerprint density at radius 1 is 1.44 bits per heavy atom. The number of rotatable bonds is 5. The molecule has 1 atom stereocenters. The van der Waals surface area contributed by atoms with Crippen LogP contribution in [0.3, 0.4) is 0 Å². The molecule has 0 aromatic heterocycles. The minimum absolute atomic E-state index is 0.0638. The maximum Gasteiger partial charge on any atom is 0.0903 e. The Kier molecular flexibility index (Phi) is 5.58. The van der Waals surface area contributed by atoms with Crippen LogP contribution in [-0.4, -0.2) is 17.8 Å². The normalized spacial score (nSPS) is 12.1. The highest BCUT2D eigenvalue weighted by molar-refractivity contribution is 6.35. The van der Waals surface area contributed by atoms with Gasteiger partial charge in [-0.15, -0.1) is 0 Å². The van der Waals surface area contributed by atoms with E-state index >= 15 is 0 Å². The molecule has 1 N–H and O–H groups in total. The first-order valence-corrected chi connectivity index (χ1v) is 5.45. The van der Waals surface area contributed by atoms with E-state index in [1.165, 1.54) is 0 Å². The Morgan fingerprint density at radius 2 is 2.19 bits per heavy atom. The second-order valence-corrected chi connectivity index (χ2v) is 4.11. The maximum absolute atomic E-state index is 9.24. The van der Waals surface area contributed by atoms with Crippen LogP contribution in [0.1, 0.15) is 12.0 Å². The van der Waals surface area contributed by atoms with Gasteiger partial charge in [-0.3, -0.25) is 0 Å². The van der Waals surface area contributed by atoms with Crippen LogP contribution in [0.5, 0.6) is 0 Å². The van der Waals surface area contributed by atoms with Gasteiger partial charge in [-0.2, -0.15) is 5.26 Å². The largest absolute Gasteiger partial charge is 0.390 e. The van der Waals surface area contributed by atoms with E-state index in [1.54, 1.807) is 18.2 Å². The summed E-state index contributed by atoms with van der Waals surface area (Å²) in [5.74, 6) is 0. The summed E-state index contributed by atoms with van der Waals surface area (Å²) in [6, 6.07) is 6.98. The molecular formula is C11H11Cl2NO2. The highest BCUT2D eigenvalue weighted by atomic mass is 35.5. The summed E-state index contributed by atoms with van der Waals surface area (Å²) in [6.45, 7) is 0.408. The number of hydrogen-bond donors (Lipinski definition) is 1. The first-order valence-electron chi connectivity index (χ1n) is 4.70. The van der Waals surface area contributed by atoms with Crippen LogP contribution in [0.4, 0.5) is 0 Å². The number of benzene rings is 1. The highest BCUT2D eigenvalue weighted by Gasteiger charge is 2.05. The number of aliphatic hydroxyl groups is 1. The van der Waals surface area contributed by atoms with Crippen molar-refractivity contribution in [1.82, 2.24) is 0 Å². The second kappa shape index (κ2) is 6.72. The predicted molar refractivity (Wildman–Crippen MR) is 62.4 cm³/mol. The summed E-state index contributed by atoms with van der Waals surface area (Å²) in [7, 11) is 0. The summed E-state index contributed by atoms with van der Waals surface area (Å²) in [5.41, 5.74) is 0.801. The second-order valence-electron chi connectivity index (χ2n) is 3.27. The molecule has 1 rings (SSSR count). The Hall–Kier alpha value is -0.790. The van der Waals surface area contributed by atoms with Crippen molar-refractivity contribution in [2.45, 2.75) is 19.1 Å². The zero-order valence-corrected chi connectivity index (χ0v) is 10.0. The molecule has 0 saturated carbocycles. The van der Waals surface area contributed by atoms with Crippen molar-refractivity contribution in [3.05, 3.63) is 33.8 Å². The van der Waals surface area contributed by atoms with Gasteiger partial charge in [0.15, 0.2) is 0 Å². The van der Waals surface area contributed by atoms with E-state index in [2.05, 4.69) is 0 Å². The monoisotopic (exact) mass is 259 g/mol. The molecule has 0 fully saturated rings. The van der Waals surface area contributed by atoms with Crippen LogP contribution in [0.25, 0.3) is 0 Å². The summed E-state index contributed by atoms with van der Waals surface area (Å²) in [5, 5.41) is 18.7. The number of nitrogens with zero attached hydrogens (tertiary/aromatic N) is 1. The van der Waals surface area contributed by atoms with E-state index in [1.807, 2.05) is 6.07 Å². The molecule has 0 radical (unpaired) electrons. The molecule has 86 valence electrons. The molecule has 0 saturated heterocycles. The van der Waals surface area contributed by atoms with E-state index < -0.39 is 6.10 Å². The van der Waals surface area contributed by atoms with E-state index in [0.717, 1.165) is 5.56 Å². The van der Waals surface area contributed by atoms with Crippen LogP contribution in [0, 0.1) is 11.3 Å². The molecule has 0 amide bonds. The van der Waals surface area contributed by atoms with Crippen molar-refractivity contribution < 1.29 is 9.84 Å². The van der Waals surface area contributed by atoms with Crippen LogP contribution >= 0.6 is 23.2 Å². The van der Waals surface area contributed by atoms with Gasteiger partial charge in [0.05, 0.1) is 31.8 Å². The first kappa shape index (κ1) is 13.3. The highest BCUT2D eigenvalue weighted by Crippen LogP contribution is 2.21. The fourth-order valence-corrected chi connectivity index (χ4v) is 1.57. The molecule has 1 aromatic rings. The number of halogens is 2. The molecule has 3 nitrogen and oxygen atoms in total. The van der Waals surface area contributed by atoms with Gasteiger partial charge in [0, 0.05) is 10.0 Å². The van der Waals surface area contributed by atoms with E-state index in [4.69, 9.17) is 33.2 Å². The number of aliphatic hydroxyl groups excluding tert-OH is 1. The average molecular weight is 260 g/mol. The standard InChI is InChI=1S/C11H11Cl2NO2/c12-9-2-1-8(11(13)5-9)6-16-7-10(15)3-4-14/h1-2,5,10,15H,3,6-7H2. The molecule has 1 aromatic carbocycles. The molecule has 0 aliphatic carbocycles. The molecule has 0 aliphatic heterocycles. The predicted octanol–water partition coefficient (Wildman–Crippen LogP) is 2.78. The SMILES string of the molecule is N#CCC(O)COCc1ccc(Cl)cc1Cl. The smallest absolute Gasteiger partial charge is 0.0903 e. The van der Waals surface area contributed by atoms with Gasteiger partial charge in [0.2, 0.25) is 0 Å². The van der Waals surface area contributed by atoms with Crippen molar-refractivity contribution in [3.8, 4) is 6.07 Å². The molecule has 1 unspecified atom stereocenters. The van der Waals surface area contributed by atoms with Crippen LogP contribution in [-0.2, 0) is 11.3 Å². The fraction of sp³-hybridized carbons (Fsp3) is 0.364. The quantitative estimate of drug-likeness (QED) is 0.885. The topological polar surface area (TPSA) is 53.2 Å². The lowest BCUT2D eigenvalue weighted by Gasteiger charge is -2.09. The average Bonchev–Trinajstić information content (AvgIpc) is 2.22.